The van der Waals surface area contributed by atoms with Crippen LogP contribution >= 0.6 is 0 Å². The summed E-state index contributed by atoms with van der Waals surface area (Å²) in [7, 11) is 0. The molecule has 5 heteroatoms. The van der Waals surface area contributed by atoms with Crippen LogP contribution in [0.3, 0.4) is 0 Å². The molecule has 1 aromatic rings. The Labute approximate surface area is 101 Å². The van der Waals surface area contributed by atoms with E-state index in [2.05, 4.69) is 10.3 Å². The third-order valence-corrected chi connectivity index (χ3v) is 2.62. The van der Waals surface area contributed by atoms with Gasteiger partial charge in [0.05, 0.1) is 23.9 Å². The van der Waals surface area contributed by atoms with Crippen LogP contribution < -0.4 is 11.1 Å². The second-order valence-electron chi connectivity index (χ2n) is 4.39. The average molecular weight is 237 g/mol. The van der Waals surface area contributed by atoms with Crippen LogP contribution in [0.25, 0.3) is 0 Å². The molecule has 0 aliphatic heterocycles. The van der Waals surface area contributed by atoms with Gasteiger partial charge in [0.25, 0.3) is 0 Å². The van der Waals surface area contributed by atoms with Crippen LogP contribution in [0.2, 0.25) is 0 Å². The molecule has 0 aliphatic carbocycles. The average Bonchev–Trinajstić information content (AvgIpc) is 2.30. The lowest BCUT2D eigenvalue weighted by Gasteiger charge is -2.21. The van der Waals surface area contributed by atoms with E-state index in [0.717, 1.165) is 0 Å². The van der Waals surface area contributed by atoms with Gasteiger partial charge in [0.2, 0.25) is 5.91 Å². The zero-order valence-electron chi connectivity index (χ0n) is 10.2. The van der Waals surface area contributed by atoms with E-state index < -0.39 is 5.60 Å². The number of pyridine rings is 1. The molecule has 1 rings (SSSR count). The highest BCUT2D eigenvalue weighted by atomic mass is 16.3. The second kappa shape index (κ2) is 5.63. The summed E-state index contributed by atoms with van der Waals surface area (Å²) in [4.78, 5) is 15.6. The van der Waals surface area contributed by atoms with Crippen molar-refractivity contribution in [3.05, 3.63) is 24.0 Å². The van der Waals surface area contributed by atoms with Gasteiger partial charge >= 0.3 is 0 Å². The molecule has 4 N–H and O–H groups in total. The first-order valence-corrected chi connectivity index (χ1v) is 5.62. The molecule has 1 unspecified atom stereocenters. The van der Waals surface area contributed by atoms with Gasteiger partial charge in [0.15, 0.2) is 0 Å². The van der Waals surface area contributed by atoms with Crippen LogP contribution in [0.4, 0.5) is 5.69 Å². The van der Waals surface area contributed by atoms with E-state index >= 15 is 0 Å². The van der Waals surface area contributed by atoms with Gasteiger partial charge in [-0.2, -0.15) is 0 Å². The molecule has 1 heterocycles. The molecule has 5 nitrogen and oxygen atoms in total. The van der Waals surface area contributed by atoms with E-state index in [9.17, 15) is 9.90 Å². The molecular weight excluding hydrogens is 218 g/mol. The van der Waals surface area contributed by atoms with Gasteiger partial charge in [0.1, 0.15) is 0 Å². The topological polar surface area (TPSA) is 88.2 Å². The van der Waals surface area contributed by atoms with E-state index in [1.807, 2.05) is 6.92 Å². The van der Waals surface area contributed by atoms with Gasteiger partial charge in [-0.25, -0.2) is 0 Å². The third-order valence-electron chi connectivity index (χ3n) is 2.62. The highest BCUT2D eigenvalue weighted by Gasteiger charge is 2.18. The Balaban J connectivity index is 2.42. The largest absolute Gasteiger partial charge is 0.397 e. The molecule has 1 atom stereocenters. The molecule has 1 aromatic heterocycles. The fourth-order valence-electron chi connectivity index (χ4n) is 1.18. The van der Waals surface area contributed by atoms with Gasteiger partial charge in [-0.05, 0) is 25.5 Å². The molecule has 0 saturated carbocycles. The van der Waals surface area contributed by atoms with Crippen LogP contribution in [-0.4, -0.2) is 28.1 Å². The van der Waals surface area contributed by atoms with E-state index in [-0.39, 0.29) is 18.9 Å². The summed E-state index contributed by atoms with van der Waals surface area (Å²) < 4.78 is 0. The first kappa shape index (κ1) is 13.4. The number of rotatable bonds is 5. The Morgan fingerprint density at radius 3 is 2.82 bits per heavy atom. The van der Waals surface area contributed by atoms with Gasteiger partial charge in [-0.3, -0.25) is 9.78 Å². The molecule has 0 bridgehead atoms. The van der Waals surface area contributed by atoms with Gasteiger partial charge in [0, 0.05) is 12.2 Å². The van der Waals surface area contributed by atoms with E-state index in [1.54, 1.807) is 19.1 Å². The number of carbonyl (C=O) groups excluding carboxylic acids is 1. The van der Waals surface area contributed by atoms with E-state index in [4.69, 9.17) is 5.73 Å². The molecule has 0 aromatic carbocycles. The van der Waals surface area contributed by atoms with Gasteiger partial charge in [-0.1, -0.05) is 6.92 Å². The third kappa shape index (κ3) is 4.82. The van der Waals surface area contributed by atoms with Crippen LogP contribution in [0.1, 0.15) is 26.0 Å². The normalized spacial score (nSPS) is 14.1. The highest BCUT2D eigenvalue weighted by molar-refractivity contribution is 5.78. The number of nitrogens with zero attached hydrogens (tertiary/aromatic N) is 1. The lowest BCUT2D eigenvalue weighted by Crippen LogP contribution is -2.40. The van der Waals surface area contributed by atoms with Crippen molar-refractivity contribution in [3.8, 4) is 0 Å². The summed E-state index contributed by atoms with van der Waals surface area (Å²) in [6.45, 7) is 3.81. The SMILES string of the molecule is CCC(C)(O)CNC(=O)Cc1ccc(N)cn1. The Hall–Kier alpha value is -1.62. The maximum atomic E-state index is 11.6. The van der Waals surface area contributed by atoms with Crippen molar-refractivity contribution < 1.29 is 9.90 Å². The van der Waals surface area contributed by atoms with Crippen molar-refractivity contribution >= 4 is 11.6 Å². The van der Waals surface area contributed by atoms with Crippen LogP contribution in [0.15, 0.2) is 18.3 Å². The number of nitrogens with two attached hydrogens (primary N) is 1. The van der Waals surface area contributed by atoms with E-state index in [0.29, 0.717) is 17.8 Å². The minimum atomic E-state index is -0.857. The fourth-order valence-corrected chi connectivity index (χ4v) is 1.18. The predicted octanol–water partition coefficient (Wildman–Crippen LogP) is 0.483. The van der Waals surface area contributed by atoms with Crippen LogP contribution in [0, 0.1) is 0 Å². The minimum Gasteiger partial charge on any atom is -0.397 e. The molecule has 0 spiro atoms. The number of hydrogen-bond donors (Lipinski definition) is 3. The standard InChI is InChI=1S/C12H19N3O2/c1-3-12(2,17)8-15-11(16)6-10-5-4-9(13)7-14-10/h4-5,7,17H,3,6,8,13H2,1-2H3,(H,15,16). The summed E-state index contributed by atoms with van der Waals surface area (Å²) in [5.41, 5.74) is 5.87. The monoisotopic (exact) mass is 237 g/mol. The number of aromatic nitrogens is 1. The molecule has 0 fully saturated rings. The fraction of sp³-hybridized carbons (Fsp3) is 0.500. The predicted molar refractivity (Wildman–Crippen MR) is 66.3 cm³/mol. The maximum absolute atomic E-state index is 11.6. The number of carbonyl (C=O) groups is 1. The lowest BCUT2D eigenvalue weighted by atomic mass is 10.0. The Morgan fingerprint density at radius 1 is 1.59 bits per heavy atom. The highest BCUT2D eigenvalue weighted by Crippen LogP contribution is 2.06. The molecule has 94 valence electrons. The summed E-state index contributed by atoms with van der Waals surface area (Å²) in [6, 6.07) is 3.42. The summed E-state index contributed by atoms with van der Waals surface area (Å²) in [5, 5.41) is 12.4. The van der Waals surface area contributed by atoms with Crippen molar-refractivity contribution in [3.63, 3.8) is 0 Å². The smallest absolute Gasteiger partial charge is 0.226 e. The Morgan fingerprint density at radius 2 is 2.29 bits per heavy atom. The minimum absolute atomic E-state index is 0.156. The van der Waals surface area contributed by atoms with Crippen molar-refractivity contribution in [2.45, 2.75) is 32.3 Å². The van der Waals surface area contributed by atoms with Gasteiger partial charge in [-0.15, -0.1) is 0 Å². The van der Waals surface area contributed by atoms with Crippen molar-refractivity contribution in [2.75, 3.05) is 12.3 Å². The van der Waals surface area contributed by atoms with Crippen molar-refractivity contribution in [2.24, 2.45) is 0 Å². The number of anilines is 1. The summed E-state index contributed by atoms with van der Waals surface area (Å²) in [5.74, 6) is -0.156. The first-order chi connectivity index (χ1) is 7.93. The lowest BCUT2D eigenvalue weighted by molar-refractivity contribution is -0.121. The van der Waals surface area contributed by atoms with Gasteiger partial charge < -0.3 is 16.2 Å². The zero-order valence-corrected chi connectivity index (χ0v) is 10.2. The zero-order chi connectivity index (χ0) is 12.9. The molecule has 1 amide bonds. The molecular formula is C12H19N3O2. The number of nitrogens with one attached hydrogen (secondary N) is 1. The summed E-state index contributed by atoms with van der Waals surface area (Å²) in [6.07, 6.45) is 2.30. The van der Waals surface area contributed by atoms with Crippen LogP contribution in [-0.2, 0) is 11.2 Å². The second-order valence-corrected chi connectivity index (χ2v) is 4.39. The van der Waals surface area contributed by atoms with E-state index in [1.165, 1.54) is 6.20 Å². The van der Waals surface area contributed by atoms with Crippen LogP contribution in [0.5, 0.6) is 0 Å². The molecule has 17 heavy (non-hydrogen) atoms. The first-order valence-electron chi connectivity index (χ1n) is 5.62. The number of amides is 1. The number of aliphatic hydroxyl groups is 1. The number of hydrogen-bond acceptors (Lipinski definition) is 4. The molecule has 0 radical (unpaired) electrons. The maximum Gasteiger partial charge on any atom is 0.226 e. The molecule has 0 aliphatic rings. The molecule has 0 saturated heterocycles. The quantitative estimate of drug-likeness (QED) is 0.695. The number of nitrogen functional groups attached to an aromatic ring is 1. The summed E-state index contributed by atoms with van der Waals surface area (Å²) >= 11 is 0. The van der Waals surface area contributed by atoms with Crippen molar-refractivity contribution in [1.82, 2.24) is 10.3 Å². The Bertz CT molecular complexity index is 374. The van der Waals surface area contributed by atoms with Crippen molar-refractivity contribution in [1.29, 1.82) is 0 Å². The Kier molecular flexibility index (Phi) is 4.45.